The van der Waals surface area contributed by atoms with Gasteiger partial charge in [-0.05, 0) is 10.4 Å². The lowest BCUT2D eigenvalue weighted by Gasteiger charge is -2.54. The molecule has 1 aromatic heterocycles. The van der Waals surface area contributed by atoms with E-state index in [9.17, 15) is 14.7 Å². The summed E-state index contributed by atoms with van der Waals surface area (Å²) in [5.74, 6) is -1.03. The van der Waals surface area contributed by atoms with Crippen LogP contribution in [0.25, 0.3) is 0 Å². The maximum Gasteiger partial charge on any atom is 0.313 e. The number of nitrogens with one attached hydrogen (secondary N) is 1. The Kier molecular flexibility index (Phi) is 4.17. The van der Waals surface area contributed by atoms with E-state index in [2.05, 4.69) is 20.6 Å². The number of nitrogens with two attached hydrogens (primary N) is 1. The van der Waals surface area contributed by atoms with Crippen molar-refractivity contribution < 1.29 is 14.7 Å². The molecule has 1 amide bonds. The lowest BCUT2D eigenvalue weighted by atomic mass is 9.82. The average Bonchev–Trinajstić information content (AvgIpc) is 3.06. The standard InChI is InChI=1S/C11H13N7O3S2/c12-2-1-5(23-10-14-16-17-15-10)11(9(20)21)3-18-7(19)6(13)8(18)22-4-11/h5-6,8H,1,3-4,13H2,(H,20,21)(H,14,15,16,17)/t5?,6?,8-,11?/m1/s1. The van der Waals surface area contributed by atoms with E-state index < -0.39 is 22.7 Å². The Labute approximate surface area is 139 Å². The van der Waals surface area contributed by atoms with Crippen molar-refractivity contribution in [2.24, 2.45) is 11.1 Å². The van der Waals surface area contributed by atoms with E-state index in [1.54, 1.807) is 0 Å². The molecule has 3 unspecified atom stereocenters. The molecule has 0 aromatic carbocycles. The quantitative estimate of drug-likeness (QED) is 0.436. The van der Waals surface area contributed by atoms with Crippen molar-refractivity contribution >= 4 is 35.4 Å². The maximum atomic E-state index is 12.0. The number of aliphatic carboxylic acids is 1. The number of fused-ring (bicyclic) bond motifs is 1. The topological polar surface area (TPSA) is 162 Å². The first kappa shape index (κ1) is 16.0. The van der Waals surface area contributed by atoms with Crippen molar-refractivity contribution in [1.82, 2.24) is 25.5 Å². The number of H-pyrrole nitrogens is 1. The summed E-state index contributed by atoms with van der Waals surface area (Å²) in [4.78, 5) is 25.4. The highest BCUT2D eigenvalue weighted by atomic mass is 32.2. The van der Waals surface area contributed by atoms with E-state index in [-0.39, 0.29) is 30.0 Å². The van der Waals surface area contributed by atoms with Gasteiger partial charge in [-0.1, -0.05) is 11.8 Å². The molecular weight excluding hydrogens is 342 g/mol. The zero-order valence-corrected chi connectivity index (χ0v) is 13.4. The van der Waals surface area contributed by atoms with Crippen molar-refractivity contribution in [3.05, 3.63) is 0 Å². The van der Waals surface area contributed by atoms with Crippen LogP contribution >= 0.6 is 23.5 Å². The summed E-state index contributed by atoms with van der Waals surface area (Å²) in [6, 6.07) is 1.44. The molecule has 122 valence electrons. The number of thioether (sulfide) groups is 2. The molecule has 0 saturated carbocycles. The number of hydrogen-bond donors (Lipinski definition) is 3. The summed E-state index contributed by atoms with van der Waals surface area (Å²) >= 11 is 2.45. The second-order valence-corrected chi connectivity index (χ2v) is 7.63. The van der Waals surface area contributed by atoms with Crippen LogP contribution in [0.1, 0.15) is 6.42 Å². The molecule has 2 aliphatic rings. The Bertz CT molecular complexity index is 663. The fraction of sp³-hybridized carbons (Fsp3) is 0.636. The summed E-state index contributed by atoms with van der Waals surface area (Å²) in [5, 5.41) is 31.7. The van der Waals surface area contributed by atoms with E-state index in [4.69, 9.17) is 11.0 Å². The molecule has 3 rings (SSSR count). The summed E-state index contributed by atoms with van der Waals surface area (Å²) in [6.07, 6.45) is -0.00300. The molecule has 4 N–H and O–H groups in total. The molecular formula is C11H13N7O3S2. The van der Waals surface area contributed by atoms with Gasteiger partial charge in [-0.25, -0.2) is 5.10 Å². The van der Waals surface area contributed by atoms with Crippen LogP contribution in [0, 0.1) is 16.7 Å². The van der Waals surface area contributed by atoms with Crippen LogP contribution in [0.15, 0.2) is 5.16 Å². The third-order valence-electron chi connectivity index (χ3n) is 4.05. The molecule has 0 spiro atoms. The predicted octanol–water partition coefficient (Wildman–Crippen LogP) is -1.11. The number of carboxylic acid groups (broad SMARTS) is 1. The smallest absolute Gasteiger partial charge is 0.313 e. The number of aromatic amines is 1. The molecule has 4 atom stereocenters. The number of hydrogen-bond acceptors (Lipinski definition) is 9. The highest BCUT2D eigenvalue weighted by Gasteiger charge is 2.58. The number of carboxylic acids is 1. The summed E-state index contributed by atoms with van der Waals surface area (Å²) in [5.41, 5.74) is 4.48. The minimum Gasteiger partial charge on any atom is -0.481 e. The van der Waals surface area contributed by atoms with Crippen LogP contribution in [0.3, 0.4) is 0 Å². The van der Waals surface area contributed by atoms with E-state index in [1.807, 2.05) is 6.07 Å². The Morgan fingerprint density at radius 3 is 3.13 bits per heavy atom. The second kappa shape index (κ2) is 5.99. The summed E-state index contributed by atoms with van der Waals surface area (Å²) < 4.78 is 0. The van der Waals surface area contributed by atoms with Gasteiger partial charge >= 0.3 is 5.97 Å². The van der Waals surface area contributed by atoms with Gasteiger partial charge in [-0.15, -0.1) is 16.9 Å². The Morgan fingerprint density at radius 1 is 1.74 bits per heavy atom. The molecule has 2 aliphatic heterocycles. The van der Waals surface area contributed by atoms with Gasteiger partial charge in [0.25, 0.3) is 0 Å². The van der Waals surface area contributed by atoms with Crippen LogP contribution in [0.4, 0.5) is 0 Å². The number of rotatable bonds is 5. The van der Waals surface area contributed by atoms with Crippen LogP contribution in [0.5, 0.6) is 0 Å². The molecule has 2 fully saturated rings. The van der Waals surface area contributed by atoms with Gasteiger partial charge in [-0.2, -0.15) is 5.26 Å². The fourth-order valence-electron chi connectivity index (χ4n) is 2.73. The molecule has 12 heteroatoms. The molecule has 0 aliphatic carbocycles. The lowest BCUT2D eigenvalue weighted by molar-refractivity contribution is -0.156. The van der Waals surface area contributed by atoms with Crippen molar-refractivity contribution in [3.63, 3.8) is 0 Å². The first-order valence-electron chi connectivity index (χ1n) is 6.68. The molecule has 10 nitrogen and oxygen atoms in total. The first-order valence-corrected chi connectivity index (χ1v) is 8.61. The summed E-state index contributed by atoms with van der Waals surface area (Å²) in [7, 11) is 0. The second-order valence-electron chi connectivity index (χ2n) is 5.33. The van der Waals surface area contributed by atoms with Gasteiger partial charge in [-0.3, -0.25) is 9.59 Å². The fourth-order valence-corrected chi connectivity index (χ4v) is 5.49. The number of tetrazole rings is 1. The number of carbonyl (C=O) groups excluding carboxylic acids is 1. The number of carbonyl (C=O) groups is 2. The highest BCUT2D eigenvalue weighted by Crippen LogP contribution is 2.47. The number of amides is 1. The molecule has 0 bridgehead atoms. The van der Waals surface area contributed by atoms with Crippen LogP contribution < -0.4 is 5.73 Å². The van der Waals surface area contributed by atoms with Gasteiger partial charge in [0.1, 0.15) is 16.8 Å². The monoisotopic (exact) mass is 355 g/mol. The van der Waals surface area contributed by atoms with Crippen molar-refractivity contribution in [2.75, 3.05) is 12.3 Å². The highest BCUT2D eigenvalue weighted by molar-refractivity contribution is 8.01. The van der Waals surface area contributed by atoms with Gasteiger partial charge in [0.15, 0.2) is 0 Å². The van der Waals surface area contributed by atoms with E-state index in [0.717, 1.165) is 11.8 Å². The van der Waals surface area contributed by atoms with Crippen molar-refractivity contribution in [3.8, 4) is 6.07 Å². The minimum atomic E-state index is -1.26. The molecule has 0 radical (unpaired) electrons. The number of nitriles is 1. The average molecular weight is 355 g/mol. The van der Waals surface area contributed by atoms with E-state index in [1.165, 1.54) is 16.7 Å². The lowest BCUT2D eigenvalue weighted by Crippen LogP contribution is -2.73. The zero-order valence-electron chi connectivity index (χ0n) is 11.7. The third kappa shape index (κ3) is 2.54. The minimum absolute atomic E-state index is 0.00300. The van der Waals surface area contributed by atoms with Gasteiger partial charge in [0.05, 0.1) is 6.07 Å². The van der Waals surface area contributed by atoms with Gasteiger partial charge in [0.2, 0.25) is 11.1 Å². The number of aromatic nitrogens is 4. The Balaban J connectivity index is 1.88. The molecule has 23 heavy (non-hydrogen) atoms. The van der Waals surface area contributed by atoms with Crippen molar-refractivity contribution in [2.45, 2.75) is 28.2 Å². The maximum absolute atomic E-state index is 12.0. The third-order valence-corrected chi connectivity index (χ3v) is 6.92. The SMILES string of the molecule is N#CCC(Sc1nnn[nH]1)C1(C(=O)O)CS[C@@H]2C(N)C(=O)N2C1. The van der Waals surface area contributed by atoms with Gasteiger partial charge in [0, 0.05) is 24.0 Å². The van der Waals surface area contributed by atoms with Crippen LogP contribution in [-0.4, -0.2) is 71.5 Å². The number of β-lactam (4-membered cyclic amide) rings is 1. The normalized spacial score (nSPS) is 31.0. The first-order chi connectivity index (χ1) is 11.0. The number of nitrogens with zero attached hydrogens (tertiary/aromatic N) is 5. The van der Waals surface area contributed by atoms with Crippen molar-refractivity contribution in [1.29, 1.82) is 5.26 Å². The Morgan fingerprint density at radius 2 is 2.52 bits per heavy atom. The van der Waals surface area contributed by atoms with Crippen LogP contribution in [0.2, 0.25) is 0 Å². The van der Waals surface area contributed by atoms with Gasteiger partial charge < -0.3 is 15.7 Å². The van der Waals surface area contributed by atoms with E-state index in [0.29, 0.717) is 5.16 Å². The predicted molar refractivity (Wildman–Crippen MR) is 80.1 cm³/mol. The van der Waals surface area contributed by atoms with E-state index >= 15 is 0 Å². The molecule has 2 saturated heterocycles. The largest absolute Gasteiger partial charge is 0.481 e. The zero-order chi connectivity index (χ0) is 16.6. The summed E-state index contributed by atoms with van der Waals surface area (Å²) in [6.45, 7) is 0.0352. The van der Waals surface area contributed by atoms with Crippen LogP contribution in [-0.2, 0) is 9.59 Å². The molecule has 1 aromatic rings. The Hall–Kier alpha value is -1.84. The molecule has 3 heterocycles.